The smallest absolute Gasteiger partial charge is 0.228 e. The average molecular weight is 361 g/mol. The van der Waals surface area contributed by atoms with Gasteiger partial charge in [-0.25, -0.2) is 0 Å². The van der Waals surface area contributed by atoms with Crippen LogP contribution in [-0.4, -0.2) is 17.9 Å². The topological polar surface area (TPSA) is 51.0 Å². The molecule has 2 aromatic carbocycles. The maximum Gasteiger partial charge on any atom is 0.228 e. The fourth-order valence-corrected chi connectivity index (χ4v) is 2.86. The second-order valence-electron chi connectivity index (χ2n) is 5.58. The molecule has 1 heterocycles. The van der Waals surface area contributed by atoms with Gasteiger partial charge in [-0.3, -0.25) is 4.79 Å². The van der Waals surface area contributed by atoms with E-state index in [1.54, 1.807) is 19.1 Å². The lowest BCUT2D eigenvalue weighted by Gasteiger charge is -2.22. The zero-order valence-electron chi connectivity index (χ0n) is 12.9. The lowest BCUT2D eigenvalue weighted by atomic mass is 9.83. The highest BCUT2D eigenvalue weighted by Gasteiger charge is 2.43. The van der Waals surface area contributed by atoms with Crippen LogP contribution in [0.3, 0.4) is 0 Å². The number of ether oxygens (including phenoxy) is 1. The predicted octanol–water partition coefficient (Wildman–Crippen LogP) is 4.80. The Morgan fingerprint density at radius 2 is 1.92 bits per heavy atom. The summed E-state index contributed by atoms with van der Waals surface area (Å²) in [5.41, 5.74) is 0.242. The van der Waals surface area contributed by atoms with E-state index in [-0.39, 0.29) is 16.7 Å². The first-order chi connectivity index (χ1) is 11.5. The Balaban J connectivity index is 1.81. The van der Waals surface area contributed by atoms with Crippen molar-refractivity contribution in [2.75, 3.05) is 0 Å². The van der Waals surface area contributed by atoms with Gasteiger partial charge in [-0.15, -0.1) is 5.10 Å². The lowest BCUT2D eigenvalue weighted by Crippen LogP contribution is -2.37. The maximum absolute atomic E-state index is 12.9. The van der Waals surface area contributed by atoms with Crippen molar-refractivity contribution in [3.63, 3.8) is 0 Å². The minimum atomic E-state index is -1.09. The molecule has 6 heteroatoms. The molecule has 24 heavy (non-hydrogen) atoms. The fraction of sp³-hybridized carbons (Fsp3) is 0.167. The molecule has 3 rings (SSSR count). The van der Waals surface area contributed by atoms with Crippen molar-refractivity contribution in [2.24, 2.45) is 15.6 Å². The molecule has 0 radical (unpaired) electrons. The summed E-state index contributed by atoms with van der Waals surface area (Å²) in [5.74, 6) is 0.0135. The van der Waals surface area contributed by atoms with Crippen LogP contribution in [0.2, 0.25) is 10.0 Å². The Bertz CT molecular complexity index is 834. The summed E-state index contributed by atoms with van der Waals surface area (Å²) in [7, 11) is 0. The van der Waals surface area contributed by atoms with Crippen molar-refractivity contribution < 1.29 is 9.53 Å². The molecule has 0 fully saturated rings. The third kappa shape index (κ3) is 3.21. The summed E-state index contributed by atoms with van der Waals surface area (Å²) in [6.07, 6.45) is 1.47. The van der Waals surface area contributed by atoms with Crippen LogP contribution in [0.25, 0.3) is 0 Å². The van der Waals surface area contributed by atoms with Gasteiger partial charge in [-0.1, -0.05) is 53.5 Å². The second-order valence-corrected chi connectivity index (χ2v) is 6.42. The number of Topliss-reactive ketones (excluding diaryl/α,β-unsaturated/α-hetero) is 1. The number of hydrogen-bond donors (Lipinski definition) is 0. The van der Waals surface area contributed by atoms with Crippen LogP contribution in [0.4, 0.5) is 0 Å². The number of nitrogens with zero attached hydrogens (tertiary/aromatic N) is 2. The molecule has 0 saturated carbocycles. The number of benzene rings is 2. The molecule has 1 aliphatic rings. The van der Waals surface area contributed by atoms with E-state index in [1.807, 2.05) is 30.3 Å². The normalized spacial score (nSPS) is 19.2. The SMILES string of the molecule is CC1(C(=O)c2ccc(Cl)cc2Cl)C=NN=C1OCc1ccccc1. The van der Waals surface area contributed by atoms with E-state index in [2.05, 4.69) is 10.2 Å². The first kappa shape index (κ1) is 16.7. The van der Waals surface area contributed by atoms with Crippen LogP contribution in [0, 0.1) is 5.41 Å². The van der Waals surface area contributed by atoms with Crippen molar-refractivity contribution in [3.8, 4) is 0 Å². The predicted molar refractivity (Wildman–Crippen MR) is 96.1 cm³/mol. The van der Waals surface area contributed by atoms with Gasteiger partial charge in [-0.05, 0) is 30.7 Å². The minimum absolute atomic E-state index is 0.239. The first-order valence-electron chi connectivity index (χ1n) is 7.30. The molecule has 0 saturated heterocycles. The number of rotatable bonds is 4. The van der Waals surface area contributed by atoms with Crippen molar-refractivity contribution >= 4 is 41.1 Å². The van der Waals surface area contributed by atoms with Crippen molar-refractivity contribution in [1.82, 2.24) is 0 Å². The molecule has 2 aromatic rings. The van der Waals surface area contributed by atoms with Crippen LogP contribution in [0.1, 0.15) is 22.8 Å². The molecule has 0 N–H and O–H groups in total. The van der Waals surface area contributed by atoms with Gasteiger partial charge in [0.25, 0.3) is 0 Å². The van der Waals surface area contributed by atoms with E-state index >= 15 is 0 Å². The molecule has 1 atom stereocenters. The van der Waals surface area contributed by atoms with Crippen molar-refractivity contribution in [1.29, 1.82) is 0 Å². The molecule has 1 unspecified atom stereocenters. The van der Waals surface area contributed by atoms with Crippen LogP contribution in [0.15, 0.2) is 58.7 Å². The molecular weight excluding hydrogens is 347 g/mol. The van der Waals surface area contributed by atoms with Crippen LogP contribution in [0.5, 0.6) is 0 Å². The summed E-state index contributed by atoms with van der Waals surface area (Å²) in [6, 6.07) is 14.4. The molecule has 0 amide bonds. The zero-order chi connectivity index (χ0) is 17.2. The number of carbonyl (C=O) groups is 1. The maximum atomic E-state index is 12.9. The largest absolute Gasteiger partial charge is 0.474 e. The monoisotopic (exact) mass is 360 g/mol. The average Bonchev–Trinajstić information content (AvgIpc) is 2.95. The third-order valence-electron chi connectivity index (χ3n) is 3.77. The van der Waals surface area contributed by atoms with Gasteiger partial charge < -0.3 is 4.74 Å². The van der Waals surface area contributed by atoms with Crippen LogP contribution in [-0.2, 0) is 11.3 Å². The van der Waals surface area contributed by atoms with Crippen LogP contribution >= 0.6 is 23.2 Å². The summed E-state index contributed by atoms with van der Waals surface area (Å²) in [5, 5.41) is 8.60. The summed E-state index contributed by atoms with van der Waals surface area (Å²) < 4.78 is 5.75. The lowest BCUT2D eigenvalue weighted by molar-refractivity contribution is 0.0917. The Morgan fingerprint density at radius 3 is 2.62 bits per heavy atom. The molecule has 0 bridgehead atoms. The van der Waals surface area contributed by atoms with E-state index in [1.165, 1.54) is 12.3 Å². The van der Waals surface area contributed by atoms with E-state index < -0.39 is 5.41 Å². The minimum Gasteiger partial charge on any atom is -0.474 e. The van der Waals surface area contributed by atoms with Gasteiger partial charge in [0.05, 0.1) is 11.2 Å². The van der Waals surface area contributed by atoms with E-state index in [0.717, 1.165) is 5.56 Å². The number of hydrogen-bond acceptors (Lipinski definition) is 4. The highest BCUT2D eigenvalue weighted by Crippen LogP contribution is 2.31. The van der Waals surface area contributed by atoms with E-state index in [0.29, 0.717) is 17.2 Å². The molecular formula is C18H14Cl2N2O2. The van der Waals surface area contributed by atoms with E-state index in [4.69, 9.17) is 27.9 Å². The van der Waals surface area contributed by atoms with Gasteiger partial charge in [0.1, 0.15) is 12.0 Å². The van der Waals surface area contributed by atoms with Gasteiger partial charge >= 0.3 is 0 Å². The second kappa shape index (κ2) is 6.75. The van der Waals surface area contributed by atoms with E-state index in [9.17, 15) is 4.79 Å². The van der Waals surface area contributed by atoms with Gasteiger partial charge in [0, 0.05) is 10.6 Å². The summed E-state index contributed by atoms with van der Waals surface area (Å²) >= 11 is 12.0. The molecule has 0 spiro atoms. The highest BCUT2D eigenvalue weighted by atomic mass is 35.5. The zero-order valence-corrected chi connectivity index (χ0v) is 14.4. The fourth-order valence-electron chi connectivity index (χ4n) is 2.37. The Morgan fingerprint density at radius 1 is 1.17 bits per heavy atom. The number of halogens is 2. The third-order valence-corrected chi connectivity index (χ3v) is 4.32. The molecule has 1 aliphatic heterocycles. The Labute approximate surface area is 149 Å². The molecule has 0 aromatic heterocycles. The Kier molecular flexibility index (Phi) is 4.69. The van der Waals surface area contributed by atoms with Gasteiger partial charge in [-0.2, -0.15) is 5.10 Å². The van der Waals surface area contributed by atoms with Crippen molar-refractivity contribution in [3.05, 3.63) is 69.7 Å². The quantitative estimate of drug-likeness (QED) is 0.735. The number of ketones is 1. The molecule has 0 aliphatic carbocycles. The molecule has 4 nitrogen and oxygen atoms in total. The molecule has 122 valence electrons. The number of carbonyl (C=O) groups excluding carboxylic acids is 1. The summed E-state index contributed by atoms with van der Waals surface area (Å²) in [4.78, 5) is 12.9. The van der Waals surface area contributed by atoms with Gasteiger partial charge in [0.2, 0.25) is 5.90 Å². The van der Waals surface area contributed by atoms with Crippen molar-refractivity contribution in [2.45, 2.75) is 13.5 Å². The summed E-state index contributed by atoms with van der Waals surface area (Å²) in [6.45, 7) is 2.01. The van der Waals surface area contributed by atoms with Crippen LogP contribution < -0.4 is 0 Å². The first-order valence-corrected chi connectivity index (χ1v) is 8.05. The van der Waals surface area contributed by atoms with Gasteiger partial charge in [0.15, 0.2) is 5.78 Å². The standard InChI is InChI=1S/C18H14Cl2N2O2/c1-18(16(23)14-8-7-13(19)9-15(14)20)11-21-22-17(18)24-10-12-5-3-2-4-6-12/h2-9,11H,10H2,1H3. The Hall–Kier alpha value is -2.17. The highest BCUT2D eigenvalue weighted by molar-refractivity contribution is 6.38.